The number of carbonyl (C=O) groups excluding carboxylic acids is 1. The van der Waals surface area contributed by atoms with E-state index in [2.05, 4.69) is 27.6 Å². The van der Waals surface area contributed by atoms with E-state index in [9.17, 15) is 9.18 Å². The van der Waals surface area contributed by atoms with Crippen molar-refractivity contribution >= 4 is 11.6 Å². The zero-order valence-corrected chi connectivity index (χ0v) is 16.0. The molecule has 0 fully saturated rings. The lowest BCUT2D eigenvalue weighted by atomic mass is 10.1. The molecule has 0 bridgehead atoms. The van der Waals surface area contributed by atoms with Gasteiger partial charge in [-0.05, 0) is 61.7 Å². The van der Waals surface area contributed by atoms with Crippen LogP contribution in [0.2, 0.25) is 0 Å². The van der Waals surface area contributed by atoms with Gasteiger partial charge >= 0.3 is 0 Å². The van der Waals surface area contributed by atoms with Gasteiger partial charge in [0.05, 0.1) is 0 Å². The summed E-state index contributed by atoms with van der Waals surface area (Å²) >= 11 is 0. The summed E-state index contributed by atoms with van der Waals surface area (Å²) in [4.78, 5) is 12.6. The molecular formula is C23H21FN4O. The Morgan fingerprint density at radius 1 is 1.07 bits per heavy atom. The van der Waals surface area contributed by atoms with Gasteiger partial charge < -0.3 is 5.32 Å². The maximum atomic E-state index is 13.2. The third-order valence-corrected chi connectivity index (χ3v) is 4.86. The normalized spacial score (nSPS) is 12.1. The second kappa shape index (κ2) is 8.22. The molecule has 4 aromatic rings. The highest BCUT2D eigenvalue weighted by Crippen LogP contribution is 2.19. The quantitative estimate of drug-likeness (QED) is 0.536. The fourth-order valence-corrected chi connectivity index (χ4v) is 3.24. The minimum Gasteiger partial charge on any atom is -0.350 e. The molecule has 0 unspecified atom stereocenters. The first kappa shape index (κ1) is 18.8. The first-order chi connectivity index (χ1) is 14.1. The number of pyridine rings is 1. The Kier molecular flexibility index (Phi) is 5.33. The molecule has 29 heavy (non-hydrogen) atoms. The number of nitrogens with zero attached hydrogens (tertiary/aromatic N) is 3. The average Bonchev–Trinajstić information content (AvgIpc) is 3.17. The molecule has 1 amide bonds. The molecule has 0 radical (unpaired) electrons. The highest BCUT2D eigenvalue weighted by molar-refractivity contribution is 5.95. The summed E-state index contributed by atoms with van der Waals surface area (Å²) < 4.78 is 14.9. The van der Waals surface area contributed by atoms with Gasteiger partial charge in [-0.3, -0.25) is 9.20 Å². The summed E-state index contributed by atoms with van der Waals surface area (Å²) in [5.74, 6) is 0.158. The Morgan fingerprint density at radius 2 is 1.83 bits per heavy atom. The molecule has 4 rings (SSSR count). The van der Waals surface area contributed by atoms with Crippen molar-refractivity contribution in [3.05, 3.63) is 89.9 Å². The van der Waals surface area contributed by atoms with Gasteiger partial charge in [0.25, 0.3) is 5.91 Å². The van der Waals surface area contributed by atoms with Crippen molar-refractivity contribution in [3.8, 4) is 11.4 Å². The monoisotopic (exact) mass is 388 g/mol. The van der Waals surface area contributed by atoms with Crippen molar-refractivity contribution in [2.75, 3.05) is 0 Å². The van der Waals surface area contributed by atoms with Crippen molar-refractivity contribution in [2.24, 2.45) is 0 Å². The van der Waals surface area contributed by atoms with Gasteiger partial charge in [-0.2, -0.15) is 0 Å². The predicted molar refractivity (Wildman–Crippen MR) is 110 cm³/mol. The summed E-state index contributed by atoms with van der Waals surface area (Å²) in [6.07, 6.45) is 3.53. The number of hydrogen-bond donors (Lipinski definition) is 1. The van der Waals surface area contributed by atoms with Crippen molar-refractivity contribution in [3.63, 3.8) is 0 Å². The number of carbonyl (C=O) groups is 1. The summed E-state index contributed by atoms with van der Waals surface area (Å²) in [6, 6.07) is 19.8. The van der Waals surface area contributed by atoms with E-state index in [1.54, 1.807) is 34.9 Å². The van der Waals surface area contributed by atoms with Crippen LogP contribution in [0.25, 0.3) is 17.0 Å². The highest BCUT2D eigenvalue weighted by atomic mass is 19.1. The van der Waals surface area contributed by atoms with Gasteiger partial charge in [0.2, 0.25) is 0 Å². The van der Waals surface area contributed by atoms with Gasteiger partial charge in [0, 0.05) is 23.4 Å². The topological polar surface area (TPSA) is 59.3 Å². The fourth-order valence-electron chi connectivity index (χ4n) is 3.24. The maximum Gasteiger partial charge on any atom is 0.251 e. The average molecular weight is 388 g/mol. The van der Waals surface area contributed by atoms with Crippen LogP contribution >= 0.6 is 0 Å². The molecule has 0 aliphatic rings. The van der Waals surface area contributed by atoms with Crippen LogP contribution < -0.4 is 5.32 Å². The molecule has 1 atom stereocenters. The van der Waals surface area contributed by atoms with Gasteiger partial charge in [-0.25, -0.2) is 4.39 Å². The van der Waals surface area contributed by atoms with Crippen LogP contribution in [0.15, 0.2) is 72.9 Å². The molecule has 0 saturated heterocycles. The smallest absolute Gasteiger partial charge is 0.251 e. The standard InChI is InChI=1S/C23H21FN4O/c1-16(7-8-17-5-3-2-4-6-17)25-23(29)19-13-14-28-21(15-19)26-27-22(28)18-9-11-20(24)12-10-18/h2-6,9-16H,7-8H2,1H3,(H,25,29)/t16-/m1/s1. The number of fused-ring (bicyclic) bond motifs is 1. The van der Waals surface area contributed by atoms with E-state index in [-0.39, 0.29) is 17.8 Å². The number of benzene rings is 2. The number of aryl methyl sites for hydroxylation is 1. The Balaban J connectivity index is 1.45. The molecule has 0 aliphatic heterocycles. The summed E-state index contributed by atoms with van der Waals surface area (Å²) in [5, 5.41) is 11.4. The van der Waals surface area contributed by atoms with Gasteiger partial charge in [0.1, 0.15) is 5.82 Å². The van der Waals surface area contributed by atoms with Crippen LogP contribution in [0, 0.1) is 5.82 Å². The molecule has 5 nitrogen and oxygen atoms in total. The highest BCUT2D eigenvalue weighted by Gasteiger charge is 2.13. The van der Waals surface area contributed by atoms with Crippen molar-refractivity contribution < 1.29 is 9.18 Å². The van der Waals surface area contributed by atoms with E-state index in [0.717, 1.165) is 18.4 Å². The molecule has 0 aliphatic carbocycles. The Bertz CT molecular complexity index is 1120. The lowest BCUT2D eigenvalue weighted by Gasteiger charge is -2.14. The van der Waals surface area contributed by atoms with E-state index in [0.29, 0.717) is 17.0 Å². The lowest BCUT2D eigenvalue weighted by molar-refractivity contribution is 0.0938. The number of amides is 1. The fraction of sp³-hybridized carbons (Fsp3) is 0.174. The molecular weight excluding hydrogens is 367 g/mol. The molecule has 2 aromatic heterocycles. The Morgan fingerprint density at radius 3 is 2.59 bits per heavy atom. The zero-order valence-electron chi connectivity index (χ0n) is 16.0. The van der Waals surface area contributed by atoms with Crippen LogP contribution in [-0.2, 0) is 6.42 Å². The number of halogens is 1. The van der Waals surface area contributed by atoms with E-state index >= 15 is 0 Å². The van der Waals surface area contributed by atoms with Crippen LogP contribution in [0.5, 0.6) is 0 Å². The summed E-state index contributed by atoms with van der Waals surface area (Å²) in [6.45, 7) is 2.00. The summed E-state index contributed by atoms with van der Waals surface area (Å²) in [7, 11) is 0. The van der Waals surface area contributed by atoms with Gasteiger partial charge in [0.15, 0.2) is 11.5 Å². The van der Waals surface area contributed by atoms with E-state index in [1.165, 1.54) is 17.7 Å². The van der Waals surface area contributed by atoms with Crippen molar-refractivity contribution in [2.45, 2.75) is 25.8 Å². The third kappa shape index (κ3) is 4.32. The van der Waals surface area contributed by atoms with Gasteiger partial charge in [-0.1, -0.05) is 30.3 Å². The second-order valence-corrected chi connectivity index (χ2v) is 7.07. The third-order valence-electron chi connectivity index (χ3n) is 4.86. The Hall–Kier alpha value is -3.54. The van der Waals surface area contributed by atoms with E-state index in [4.69, 9.17) is 0 Å². The first-order valence-electron chi connectivity index (χ1n) is 9.55. The largest absolute Gasteiger partial charge is 0.350 e. The zero-order chi connectivity index (χ0) is 20.2. The predicted octanol–water partition coefficient (Wildman–Crippen LogP) is 4.29. The van der Waals surface area contributed by atoms with Crippen LogP contribution in [0.3, 0.4) is 0 Å². The second-order valence-electron chi connectivity index (χ2n) is 7.07. The Labute approximate surface area is 168 Å². The SMILES string of the molecule is C[C@H](CCc1ccccc1)NC(=O)c1ccn2c(-c3ccc(F)cc3)nnc2c1. The molecule has 2 heterocycles. The molecule has 146 valence electrons. The van der Waals surface area contributed by atoms with E-state index in [1.807, 2.05) is 25.1 Å². The molecule has 2 aromatic carbocycles. The maximum absolute atomic E-state index is 13.2. The number of rotatable bonds is 6. The minimum absolute atomic E-state index is 0.0478. The number of nitrogens with one attached hydrogen (secondary N) is 1. The van der Waals surface area contributed by atoms with E-state index < -0.39 is 0 Å². The molecule has 0 spiro atoms. The molecule has 6 heteroatoms. The first-order valence-corrected chi connectivity index (χ1v) is 9.55. The van der Waals surface area contributed by atoms with Crippen molar-refractivity contribution in [1.82, 2.24) is 19.9 Å². The van der Waals surface area contributed by atoms with Crippen LogP contribution in [0.4, 0.5) is 4.39 Å². The molecule has 1 N–H and O–H groups in total. The number of aromatic nitrogens is 3. The number of hydrogen-bond acceptors (Lipinski definition) is 3. The minimum atomic E-state index is -0.303. The summed E-state index contributed by atoms with van der Waals surface area (Å²) in [5.41, 5.74) is 3.11. The van der Waals surface area contributed by atoms with Gasteiger partial charge in [-0.15, -0.1) is 10.2 Å². The van der Waals surface area contributed by atoms with Crippen LogP contribution in [0.1, 0.15) is 29.3 Å². The molecule has 0 saturated carbocycles. The lowest BCUT2D eigenvalue weighted by Crippen LogP contribution is -2.32. The van der Waals surface area contributed by atoms with Crippen LogP contribution in [-0.4, -0.2) is 26.5 Å². The van der Waals surface area contributed by atoms with Crippen molar-refractivity contribution in [1.29, 1.82) is 0 Å².